The van der Waals surface area contributed by atoms with Crippen LogP contribution in [0.25, 0.3) is 11.0 Å². The highest BCUT2D eigenvalue weighted by atomic mass is 19.1. The van der Waals surface area contributed by atoms with Gasteiger partial charge in [-0.2, -0.15) is 0 Å². The van der Waals surface area contributed by atoms with E-state index in [2.05, 4.69) is 10.3 Å². The molecule has 1 unspecified atom stereocenters. The zero-order chi connectivity index (χ0) is 19.5. The molecule has 0 saturated heterocycles. The van der Waals surface area contributed by atoms with Crippen molar-refractivity contribution in [3.63, 3.8) is 0 Å². The van der Waals surface area contributed by atoms with Crippen LogP contribution >= 0.6 is 0 Å². The molecule has 2 aromatic heterocycles. The van der Waals surface area contributed by atoms with Gasteiger partial charge in [0.15, 0.2) is 0 Å². The van der Waals surface area contributed by atoms with Crippen LogP contribution < -0.4 is 5.32 Å². The van der Waals surface area contributed by atoms with Gasteiger partial charge in [0.05, 0.1) is 23.6 Å². The number of aromatic nitrogens is 3. The zero-order valence-electron chi connectivity index (χ0n) is 15.3. The van der Waals surface area contributed by atoms with Crippen LogP contribution in [-0.2, 0) is 6.54 Å². The molecule has 140 valence electrons. The highest BCUT2D eigenvalue weighted by Gasteiger charge is 2.20. The minimum atomic E-state index is -0.361. The first-order valence-corrected chi connectivity index (χ1v) is 9.03. The van der Waals surface area contributed by atoms with Crippen molar-refractivity contribution in [3.8, 4) is 0 Å². The minimum absolute atomic E-state index is 0.209. The number of nitrogens with zero attached hydrogens (tertiary/aromatic N) is 3. The Kier molecular flexibility index (Phi) is 4.85. The number of benzene rings is 2. The highest BCUT2D eigenvalue weighted by Crippen LogP contribution is 2.23. The van der Waals surface area contributed by atoms with Crippen LogP contribution in [0.5, 0.6) is 0 Å². The lowest BCUT2D eigenvalue weighted by Crippen LogP contribution is -2.29. The Labute approximate surface area is 161 Å². The molecule has 5 nitrogen and oxygen atoms in total. The lowest BCUT2D eigenvalue weighted by molar-refractivity contribution is 0.0937. The number of halogens is 1. The molecule has 0 fully saturated rings. The quantitative estimate of drug-likeness (QED) is 0.572. The molecule has 2 heterocycles. The number of imidazole rings is 1. The van der Waals surface area contributed by atoms with Gasteiger partial charge in [0.2, 0.25) is 0 Å². The van der Waals surface area contributed by atoms with E-state index in [1.807, 2.05) is 41.8 Å². The number of hydrogen-bond acceptors (Lipinski definition) is 3. The van der Waals surface area contributed by atoms with E-state index in [0.29, 0.717) is 23.5 Å². The molecule has 0 aliphatic carbocycles. The lowest BCUT2D eigenvalue weighted by Gasteiger charge is -2.17. The normalized spacial score (nSPS) is 12.1. The molecule has 0 bridgehead atoms. The van der Waals surface area contributed by atoms with Gasteiger partial charge >= 0.3 is 0 Å². The molecule has 0 radical (unpaired) electrons. The second-order valence-electron chi connectivity index (χ2n) is 6.57. The summed E-state index contributed by atoms with van der Waals surface area (Å²) in [6, 6.07) is 17.3. The Morgan fingerprint density at radius 1 is 1.07 bits per heavy atom. The summed E-state index contributed by atoms with van der Waals surface area (Å²) in [5.74, 6) is 0.200. The van der Waals surface area contributed by atoms with Crippen LogP contribution in [0.15, 0.2) is 73.1 Å². The first kappa shape index (κ1) is 17.9. The molecule has 0 aliphatic rings. The van der Waals surface area contributed by atoms with Crippen LogP contribution in [0.1, 0.15) is 34.7 Å². The van der Waals surface area contributed by atoms with E-state index in [1.54, 1.807) is 36.7 Å². The molecular formula is C22H19FN4O. The van der Waals surface area contributed by atoms with Gasteiger partial charge in [-0.3, -0.25) is 9.78 Å². The maximum absolute atomic E-state index is 14.2. The number of amides is 1. The van der Waals surface area contributed by atoms with E-state index in [1.165, 1.54) is 6.07 Å². The summed E-state index contributed by atoms with van der Waals surface area (Å²) in [4.78, 5) is 21.2. The van der Waals surface area contributed by atoms with Crippen molar-refractivity contribution >= 4 is 16.9 Å². The van der Waals surface area contributed by atoms with Gasteiger partial charge in [-0.15, -0.1) is 0 Å². The molecule has 1 atom stereocenters. The van der Waals surface area contributed by atoms with Gasteiger partial charge in [0.1, 0.15) is 11.6 Å². The van der Waals surface area contributed by atoms with Gasteiger partial charge in [-0.05, 0) is 37.3 Å². The molecule has 0 spiro atoms. The van der Waals surface area contributed by atoms with Crippen molar-refractivity contribution in [1.82, 2.24) is 19.9 Å². The van der Waals surface area contributed by atoms with E-state index >= 15 is 0 Å². The Bertz CT molecular complexity index is 1120. The lowest BCUT2D eigenvalue weighted by atomic mass is 10.2. The van der Waals surface area contributed by atoms with Crippen LogP contribution in [-0.4, -0.2) is 20.4 Å². The second-order valence-corrected chi connectivity index (χ2v) is 6.57. The van der Waals surface area contributed by atoms with Crippen LogP contribution in [0.4, 0.5) is 4.39 Å². The number of carbonyl (C=O) groups excluding carboxylic acids is 1. The van der Waals surface area contributed by atoms with Crippen molar-refractivity contribution in [2.45, 2.75) is 19.5 Å². The Morgan fingerprint density at radius 2 is 1.79 bits per heavy atom. The standard InChI is InChI=1S/C22H19FN4O/c1-15(25-22(28)16-10-12-24-13-11-16)21-26-19-8-4-5-9-20(19)27(21)14-17-6-2-3-7-18(17)23/h2-13,15H,14H2,1H3,(H,25,28). The smallest absolute Gasteiger partial charge is 0.251 e. The molecule has 0 aliphatic heterocycles. The summed E-state index contributed by atoms with van der Waals surface area (Å²) in [6.07, 6.45) is 3.15. The van der Waals surface area contributed by atoms with Gasteiger partial charge < -0.3 is 9.88 Å². The Morgan fingerprint density at radius 3 is 2.57 bits per heavy atom. The maximum atomic E-state index is 14.2. The molecule has 2 aromatic carbocycles. The van der Waals surface area contributed by atoms with Gasteiger partial charge in [-0.25, -0.2) is 9.37 Å². The van der Waals surface area contributed by atoms with Crippen molar-refractivity contribution in [3.05, 3.63) is 95.8 Å². The first-order chi connectivity index (χ1) is 13.6. The minimum Gasteiger partial charge on any atom is -0.342 e. The molecule has 4 rings (SSSR count). The zero-order valence-corrected chi connectivity index (χ0v) is 15.3. The fraction of sp³-hybridized carbons (Fsp3) is 0.136. The van der Waals surface area contributed by atoms with E-state index in [9.17, 15) is 9.18 Å². The largest absolute Gasteiger partial charge is 0.342 e. The van der Waals surface area contributed by atoms with E-state index in [0.717, 1.165) is 11.0 Å². The summed E-state index contributed by atoms with van der Waals surface area (Å²) in [5.41, 5.74) is 2.79. The Balaban J connectivity index is 1.70. The first-order valence-electron chi connectivity index (χ1n) is 9.03. The van der Waals surface area contributed by atoms with Gasteiger partial charge in [0, 0.05) is 23.5 Å². The average Bonchev–Trinajstić information content (AvgIpc) is 3.09. The number of carbonyl (C=O) groups is 1. The molecule has 1 N–H and O–H groups in total. The number of nitrogens with one attached hydrogen (secondary N) is 1. The molecule has 0 saturated carbocycles. The Hall–Kier alpha value is -3.54. The van der Waals surface area contributed by atoms with Crippen LogP contribution in [0, 0.1) is 5.82 Å². The van der Waals surface area contributed by atoms with E-state index in [-0.39, 0.29) is 17.8 Å². The van der Waals surface area contributed by atoms with Crippen molar-refractivity contribution in [2.75, 3.05) is 0 Å². The molecular weight excluding hydrogens is 355 g/mol. The fourth-order valence-electron chi connectivity index (χ4n) is 3.24. The van der Waals surface area contributed by atoms with Crippen LogP contribution in [0.3, 0.4) is 0 Å². The van der Waals surface area contributed by atoms with Crippen LogP contribution in [0.2, 0.25) is 0 Å². The van der Waals surface area contributed by atoms with Crippen molar-refractivity contribution < 1.29 is 9.18 Å². The number of para-hydroxylation sites is 2. The predicted molar refractivity (Wildman–Crippen MR) is 105 cm³/mol. The summed E-state index contributed by atoms with van der Waals surface area (Å²) in [6.45, 7) is 2.20. The van der Waals surface area contributed by atoms with E-state index in [4.69, 9.17) is 4.98 Å². The molecule has 1 amide bonds. The maximum Gasteiger partial charge on any atom is 0.251 e. The SMILES string of the molecule is CC(NC(=O)c1ccncc1)c1nc2ccccc2n1Cc1ccccc1F. The summed E-state index contributed by atoms with van der Waals surface area (Å²) in [7, 11) is 0. The highest BCUT2D eigenvalue weighted by molar-refractivity contribution is 5.94. The molecule has 28 heavy (non-hydrogen) atoms. The second kappa shape index (κ2) is 7.60. The van der Waals surface area contributed by atoms with Crippen molar-refractivity contribution in [2.24, 2.45) is 0 Å². The predicted octanol–water partition coefficient (Wildman–Crippen LogP) is 4.11. The number of rotatable bonds is 5. The number of hydrogen-bond donors (Lipinski definition) is 1. The third-order valence-corrected chi connectivity index (χ3v) is 4.65. The molecule has 6 heteroatoms. The number of fused-ring (bicyclic) bond motifs is 1. The van der Waals surface area contributed by atoms with Gasteiger partial charge in [0.25, 0.3) is 5.91 Å². The third kappa shape index (κ3) is 3.49. The van der Waals surface area contributed by atoms with Gasteiger partial charge in [-0.1, -0.05) is 30.3 Å². The monoisotopic (exact) mass is 374 g/mol. The summed E-state index contributed by atoms with van der Waals surface area (Å²) < 4.78 is 16.2. The van der Waals surface area contributed by atoms with E-state index < -0.39 is 0 Å². The summed E-state index contributed by atoms with van der Waals surface area (Å²) in [5, 5.41) is 2.97. The third-order valence-electron chi connectivity index (χ3n) is 4.65. The summed E-state index contributed by atoms with van der Waals surface area (Å²) >= 11 is 0. The fourth-order valence-corrected chi connectivity index (χ4v) is 3.24. The number of pyridine rings is 1. The molecule has 4 aromatic rings. The van der Waals surface area contributed by atoms with Crippen molar-refractivity contribution in [1.29, 1.82) is 0 Å². The average molecular weight is 374 g/mol. The topological polar surface area (TPSA) is 59.8 Å².